The number of unbranched alkanes of at least 4 members (excludes halogenated alkanes) is 2. The van der Waals surface area contributed by atoms with E-state index in [1.165, 1.54) is 14.0 Å². The van der Waals surface area contributed by atoms with Crippen molar-refractivity contribution in [3.8, 4) is 23.0 Å². The van der Waals surface area contributed by atoms with E-state index < -0.39 is 17.3 Å². The highest BCUT2D eigenvalue weighted by Crippen LogP contribution is 2.47. The Balaban J connectivity index is 2.56. The van der Waals surface area contributed by atoms with Gasteiger partial charge in [0.1, 0.15) is 5.56 Å². The lowest BCUT2D eigenvalue weighted by molar-refractivity contribution is 0.103. The molecule has 0 saturated carbocycles. The summed E-state index contributed by atoms with van der Waals surface area (Å²) in [5, 5.41) is 30.5. The fraction of sp³-hybridized carbons (Fsp3) is 0.350. The van der Waals surface area contributed by atoms with Crippen molar-refractivity contribution < 1.29 is 24.9 Å². The van der Waals surface area contributed by atoms with Gasteiger partial charge < -0.3 is 20.1 Å². The number of hydrogen-bond acceptors (Lipinski definition) is 5. The summed E-state index contributed by atoms with van der Waals surface area (Å²) in [5.74, 6) is -2.09. The van der Waals surface area contributed by atoms with E-state index in [1.54, 1.807) is 12.1 Å². The quantitative estimate of drug-likeness (QED) is 0.305. The first-order valence-corrected chi connectivity index (χ1v) is 8.38. The molecule has 0 amide bonds. The molecule has 2 aromatic carbocycles. The van der Waals surface area contributed by atoms with E-state index in [0.717, 1.165) is 31.2 Å². The molecule has 0 fully saturated rings. The molecule has 5 heteroatoms. The summed E-state index contributed by atoms with van der Waals surface area (Å²) in [6, 6.07) is 7.16. The molecule has 3 N–H and O–H groups in total. The molecule has 2 aromatic rings. The molecule has 0 aliphatic rings. The third-order valence-electron chi connectivity index (χ3n) is 4.36. The number of carbonyl (C=O) groups is 1. The number of phenolic OH excluding ortho intramolecular Hbond substituents is 3. The highest BCUT2D eigenvalue weighted by atomic mass is 16.5. The van der Waals surface area contributed by atoms with E-state index in [0.29, 0.717) is 5.56 Å². The molecule has 134 valence electrons. The van der Waals surface area contributed by atoms with Gasteiger partial charge in [-0.15, -0.1) is 0 Å². The normalized spacial score (nSPS) is 10.7. The van der Waals surface area contributed by atoms with Gasteiger partial charge in [-0.1, -0.05) is 44.0 Å². The minimum Gasteiger partial charge on any atom is -0.504 e. The molecule has 0 aliphatic heterocycles. The number of aryl methyl sites for hydroxylation is 1. The molecular formula is C20H24O5. The first-order chi connectivity index (χ1) is 11.9. The van der Waals surface area contributed by atoms with Crippen molar-refractivity contribution in [1.82, 2.24) is 0 Å². The molecule has 0 unspecified atom stereocenters. The SMILES string of the molecule is CCCCCc1ccccc1C(=O)c1c(O)c(O)c(C)c(O)c1OC. The van der Waals surface area contributed by atoms with E-state index in [1.807, 2.05) is 12.1 Å². The van der Waals surface area contributed by atoms with Crippen LogP contribution in [0.4, 0.5) is 0 Å². The van der Waals surface area contributed by atoms with Gasteiger partial charge in [0, 0.05) is 11.1 Å². The monoisotopic (exact) mass is 344 g/mol. The minimum atomic E-state index is -0.583. The Hall–Kier alpha value is -2.69. The Kier molecular flexibility index (Phi) is 5.91. The molecule has 0 radical (unpaired) electrons. The number of phenols is 3. The molecule has 5 nitrogen and oxygen atoms in total. The third-order valence-corrected chi connectivity index (χ3v) is 4.36. The predicted octanol–water partition coefficient (Wildman–Crippen LogP) is 4.08. The first kappa shape index (κ1) is 18.6. The maximum atomic E-state index is 13.1. The van der Waals surface area contributed by atoms with Gasteiger partial charge in [0.25, 0.3) is 0 Å². The number of methoxy groups -OCH3 is 1. The third kappa shape index (κ3) is 3.55. The summed E-state index contributed by atoms with van der Waals surface area (Å²) in [6.07, 6.45) is 3.82. The molecule has 0 spiro atoms. The second kappa shape index (κ2) is 7.92. The van der Waals surface area contributed by atoms with Gasteiger partial charge in [-0.25, -0.2) is 0 Å². The Labute approximate surface area is 147 Å². The van der Waals surface area contributed by atoms with Crippen LogP contribution >= 0.6 is 0 Å². The van der Waals surface area contributed by atoms with Crippen molar-refractivity contribution in [3.63, 3.8) is 0 Å². The lowest BCUT2D eigenvalue weighted by Crippen LogP contribution is -2.09. The largest absolute Gasteiger partial charge is 0.504 e. The maximum Gasteiger partial charge on any atom is 0.201 e. The molecular weight excluding hydrogens is 320 g/mol. The molecule has 0 atom stereocenters. The fourth-order valence-electron chi connectivity index (χ4n) is 2.87. The number of aromatic hydroxyl groups is 3. The number of hydrogen-bond donors (Lipinski definition) is 3. The van der Waals surface area contributed by atoms with Gasteiger partial charge in [-0.05, 0) is 25.3 Å². The van der Waals surface area contributed by atoms with Crippen LogP contribution in [0.25, 0.3) is 0 Å². The van der Waals surface area contributed by atoms with Crippen molar-refractivity contribution in [2.24, 2.45) is 0 Å². The highest BCUT2D eigenvalue weighted by molar-refractivity contribution is 6.14. The van der Waals surface area contributed by atoms with Crippen LogP contribution in [-0.4, -0.2) is 28.2 Å². The van der Waals surface area contributed by atoms with Gasteiger partial charge in [-0.2, -0.15) is 0 Å². The Morgan fingerprint density at radius 1 is 1.04 bits per heavy atom. The summed E-state index contributed by atoms with van der Waals surface area (Å²) in [5.41, 5.74) is 1.12. The fourth-order valence-corrected chi connectivity index (χ4v) is 2.87. The van der Waals surface area contributed by atoms with Crippen LogP contribution in [0, 0.1) is 6.92 Å². The van der Waals surface area contributed by atoms with Gasteiger partial charge in [0.15, 0.2) is 23.0 Å². The zero-order valence-electron chi connectivity index (χ0n) is 14.8. The van der Waals surface area contributed by atoms with E-state index >= 15 is 0 Å². The number of ketones is 1. The second-order valence-corrected chi connectivity index (χ2v) is 6.02. The molecule has 25 heavy (non-hydrogen) atoms. The highest BCUT2D eigenvalue weighted by Gasteiger charge is 2.28. The average molecular weight is 344 g/mol. The second-order valence-electron chi connectivity index (χ2n) is 6.02. The van der Waals surface area contributed by atoms with Gasteiger partial charge in [-0.3, -0.25) is 4.79 Å². The van der Waals surface area contributed by atoms with Crippen LogP contribution in [0.5, 0.6) is 23.0 Å². The number of rotatable bonds is 7. The number of carbonyl (C=O) groups excluding carboxylic acids is 1. The van der Waals surface area contributed by atoms with Gasteiger partial charge >= 0.3 is 0 Å². The summed E-state index contributed by atoms with van der Waals surface area (Å²) < 4.78 is 5.13. The summed E-state index contributed by atoms with van der Waals surface area (Å²) in [7, 11) is 1.30. The van der Waals surface area contributed by atoms with E-state index in [4.69, 9.17) is 4.74 Å². The maximum absolute atomic E-state index is 13.1. The van der Waals surface area contributed by atoms with Crippen molar-refractivity contribution in [2.75, 3.05) is 7.11 Å². The lowest BCUT2D eigenvalue weighted by Gasteiger charge is -2.16. The minimum absolute atomic E-state index is 0.0575. The topological polar surface area (TPSA) is 87.0 Å². The van der Waals surface area contributed by atoms with Crippen molar-refractivity contribution in [2.45, 2.75) is 39.5 Å². The smallest absolute Gasteiger partial charge is 0.201 e. The van der Waals surface area contributed by atoms with Crippen LogP contribution in [0.15, 0.2) is 24.3 Å². The van der Waals surface area contributed by atoms with Crippen LogP contribution in [0.1, 0.15) is 53.2 Å². The Morgan fingerprint density at radius 3 is 2.36 bits per heavy atom. The van der Waals surface area contributed by atoms with Crippen LogP contribution in [-0.2, 0) is 6.42 Å². The number of ether oxygens (including phenoxy) is 1. The van der Waals surface area contributed by atoms with E-state index in [-0.39, 0.29) is 22.6 Å². The van der Waals surface area contributed by atoms with E-state index in [9.17, 15) is 20.1 Å². The molecule has 0 aromatic heterocycles. The van der Waals surface area contributed by atoms with E-state index in [2.05, 4.69) is 6.92 Å². The van der Waals surface area contributed by atoms with Crippen molar-refractivity contribution in [1.29, 1.82) is 0 Å². The summed E-state index contributed by atoms with van der Waals surface area (Å²) >= 11 is 0. The van der Waals surface area contributed by atoms with Crippen molar-refractivity contribution >= 4 is 5.78 Å². The lowest BCUT2D eigenvalue weighted by atomic mass is 9.93. The summed E-state index contributed by atoms with van der Waals surface area (Å²) in [6.45, 7) is 3.54. The van der Waals surface area contributed by atoms with Crippen LogP contribution < -0.4 is 4.74 Å². The van der Waals surface area contributed by atoms with Crippen LogP contribution in [0.2, 0.25) is 0 Å². The van der Waals surface area contributed by atoms with Crippen LogP contribution in [0.3, 0.4) is 0 Å². The first-order valence-electron chi connectivity index (χ1n) is 8.38. The van der Waals surface area contributed by atoms with Crippen molar-refractivity contribution in [3.05, 3.63) is 46.5 Å². The Morgan fingerprint density at radius 2 is 1.72 bits per heavy atom. The molecule has 0 aliphatic carbocycles. The predicted molar refractivity (Wildman–Crippen MR) is 95.8 cm³/mol. The average Bonchev–Trinajstić information content (AvgIpc) is 2.63. The standard InChI is InChI=1S/C20H24O5/c1-4-5-6-9-13-10-7-8-11-14(13)18(23)15-19(24)16(21)12(2)17(22)20(15)25-3/h7-8,10-11,21-22,24H,4-6,9H2,1-3H3. The summed E-state index contributed by atoms with van der Waals surface area (Å²) in [4.78, 5) is 13.1. The molecule has 0 heterocycles. The Bertz CT molecular complexity index is 780. The molecule has 0 saturated heterocycles. The van der Waals surface area contributed by atoms with Gasteiger partial charge in [0.2, 0.25) is 5.78 Å². The zero-order valence-corrected chi connectivity index (χ0v) is 14.8. The number of benzene rings is 2. The molecule has 0 bridgehead atoms. The van der Waals surface area contributed by atoms with Gasteiger partial charge in [0.05, 0.1) is 7.11 Å². The zero-order chi connectivity index (χ0) is 18.6. The molecule has 2 rings (SSSR count).